The fourth-order valence-corrected chi connectivity index (χ4v) is 1.62. The van der Waals surface area contributed by atoms with Gasteiger partial charge >= 0.3 is 0 Å². The van der Waals surface area contributed by atoms with Crippen LogP contribution in [0.2, 0.25) is 0 Å². The number of hydrogen-bond acceptors (Lipinski definition) is 2. The molecule has 1 aromatic carbocycles. The highest BCUT2D eigenvalue weighted by molar-refractivity contribution is 9.10. The molecular formula is C10H8BrNO. The van der Waals surface area contributed by atoms with Gasteiger partial charge in [0.05, 0.1) is 12.3 Å². The Kier molecular flexibility index (Phi) is 2.29. The fourth-order valence-electron chi connectivity index (χ4n) is 1.24. The molecule has 0 spiro atoms. The predicted molar refractivity (Wildman–Crippen MR) is 55.4 cm³/mol. The summed E-state index contributed by atoms with van der Waals surface area (Å²) in [5.74, 6) is 0. The van der Waals surface area contributed by atoms with Crippen molar-refractivity contribution in [3.63, 3.8) is 0 Å². The molecule has 13 heavy (non-hydrogen) atoms. The highest BCUT2D eigenvalue weighted by Crippen LogP contribution is 2.19. The number of hydrogen-bond donors (Lipinski definition) is 1. The second-order valence-corrected chi connectivity index (χ2v) is 3.74. The van der Waals surface area contributed by atoms with Gasteiger partial charge in [-0.05, 0) is 23.6 Å². The molecule has 0 unspecified atom stereocenters. The summed E-state index contributed by atoms with van der Waals surface area (Å²) in [7, 11) is 0. The molecule has 0 saturated carbocycles. The molecule has 0 aliphatic heterocycles. The van der Waals surface area contributed by atoms with Crippen LogP contribution in [0.3, 0.4) is 0 Å². The molecule has 0 amide bonds. The van der Waals surface area contributed by atoms with Crippen LogP contribution in [0.15, 0.2) is 34.9 Å². The van der Waals surface area contributed by atoms with Crippen molar-refractivity contribution >= 4 is 26.7 Å². The summed E-state index contributed by atoms with van der Waals surface area (Å²) < 4.78 is 1.04. The lowest BCUT2D eigenvalue weighted by molar-refractivity contribution is 0.277. The van der Waals surface area contributed by atoms with Crippen molar-refractivity contribution in [2.24, 2.45) is 0 Å². The molecule has 2 aromatic rings. The molecule has 0 bridgehead atoms. The van der Waals surface area contributed by atoms with Gasteiger partial charge in [0.25, 0.3) is 0 Å². The number of pyridine rings is 1. The van der Waals surface area contributed by atoms with Gasteiger partial charge in [-0.15, -0.1) is 0 Å². The van der Waals surface area contributed by atoms with Crippen molar-refractivity contribution in [2.45, 2.75) is 6.61 Å². The first-order valence-electron chi connectivity index (χ1n) is 3.94. The normalized spacial score (nSPS) is 10.6. The molecule has 0 saturated heterocycles. The van der Waals surface area contributed by atoms with Crippen LogP contribution in [0.1, 0.15) is 5.69 Å². The van der Waals surface area contributed by atoms with E-state index in [9.17, 15) is 0 Å². The summed E-state index contributed by atoms with van der Waals surface area (Å²) in [6.45, 7) is -0.0115. The fraction of sp³-hybridized carbons (Fsp3) is 0.100. The van der Waals surface area contributed by atoms with Gasteiger partial charge in [0.15, 0.2) is 0 Å². The van der Waals surface area contributed by atoms with Gasteiger partial charge in [0, 0.05) is 16.1 Å². The molecule has 2 nitrogen and oxygen atoms in total. The second kappa shape index (κ2) is 3.44. The summed E-state index contributed by atoms with van der Waals surface area (Å²) >= 11 is 3.40. The first-order chi connectivity index (χ1) is 6.29. The maximum Gasteiger partial charge on any atom is 0.0853 e. The van der Waals surface area contributed by atoms with Gasteiger partial charge in [0.1, 0.15) is 0 Å². The van der Waals surface area contributed by atoms with E-state index in [1.54, 1.807) is 6.20 Å². The van der Waals surface area contributed by atoms with Crippen LogP contribution in [0.25, 0.3) is 10.8 Å². The maximum absolute atomic E-state index is 8.89. The molecule has 1 N–H and O–H groups in total. The number of aromatic nitrogens is 1. The molecule has 1 aromatic heterocycles. The highest BCUT2D eigenvalue weighted by Gasteiger charge is 1.97. The van der Waals surface area contributed by atoms with E-state index in [1.807, 2.05) is 24.3 Å². The number of aliphatic hydroxyl groups is 1. The van der Waals surface area contributed by atoms with Crippen molar-refractivity contribution in [2.75, 3.05) is 0 Å². The van der Waals surface area contributed by atoms with E-state index >= 15 is 0 Å². The van der Waals surface area contributed by atoms with Crippen LogP contribution in [-0.4, -0.2) is 10.1 Å². The summed E-state index contributed by atoms with van der Waals surface area (Å²) in [5.41, 5.74) is 0.700. The van der Waals surface area contributed by atoms with Crippen molar-refractivity contribution in [1.29, 1.82) is 0 Å². The molecule has 0 atom stereocenters. The minimum absolute atomic E-state index is 0.0115. The summed E-state index contributed by atoms with van der Waals surface area (Å²) in [6, 6.07) is 7.87. The van der Waals surface area contributed by atoms with Crippen molar-refractivity contribution in [3.05, 3.63) is 40.6 Å². The lowest BCUT2D eigenvalue weighted by atomic mass is 10.1. The Morgan fingerprint density at radius 1 is 1.23 bits per heavy atom. The van der Waals surface area contributed by atoms with E-state index in [0.717, 1.165) is 15.2 Å². The molecular weight excluding hydrogens is 230 g/mol. The van der Waals surface area contributed by atoms with Gasteiger partial charge < -0.3 is 5.11 Å². The molecule has 2 rings (SSSR count). The number of rotatable bonds is 1. The van der Waals surface area contributed by atoms with Crippen molar-refractivity contribution in [3.8, 4) is 0 Å². The van der Waals surface area contributed by atoms with E-state index in [1.165, 1.54) is 0 Å². The highest BCUT2D eigenvalue weighted by atomic mass is 79.9. The van der Waals surface area contributed by atoms with Crippen LogP contribution >= 0.6 is 15.9 Å². The standard InChI is InChI=1S/C10H8BrNO/c11-9-2-1-7-5-12-10(6-13)4-8(7)3-9/h1-5,13H,6H2. The zero-order valence-electron chi connectivity index (χ0n) is 6.87. The third kappa shape index (κ3) is 1.71. The topological polar surface area (TPSA) is 33.1 Å². The zero-order chi connectivity index (χ0) is 9.26. The first kappa shape index (κ1) is 8.66. The monoisotopic (exact) mass is 237 g/mol. The van der Waals surface area contributed by atoms with Crippen molar-refractivity contribution < 1.29 is 5.11 Å². The molecule has 0 aliphatic rings. The Morgan fingerprint density at radius 3 is 2.85 bits per heavy atom. The lowest BCUT2D eigenvalue weighted by Crippen LogP contribution is -1.87. The van der Waals surface area contributed by atoms with Crippen LogP contribution in [-0.2, 0) is 6.61 Å². The third-order valence-electron chi connectivity index (χ3n) is 1.90. The average molecular weight is 238 g/mol. The van der Waals surface area contributed by atoms with Crippen molar-refractivity contribution in [1.82, 2.24) is 4.98 Å². The van der Waals surface area contributed by atoms with E-state index in [2.05, 4.69) is 20.9 Å². The average Bonchev–Trinajstić information content (AvgIpc) is 2.16. The van der Waals surface area contributed by atoms with E-state index in [0.29, 0.717) is 5.69 Å². The van der Waals surface area contributed by atoms with E-state index in [4.69, 9.17) is 5.11 Å². The minimum Gasteiger partial charge on any atom is -0.390 e. The minimum atomic E-state index is -0.0115. The van der Waals surface area contributed by atoms with Crippen LogP contribution < -0.4 is 0 Å². The molecule has 1 heterocycles. The Hall–Kier alpha value is -0.930. The second-order valence-electron chi connectivity index (χ2n) is 2.83. The first-order valence-corrected chi connectivity index (χ1v) is 4.74. The van der Waals surface area contributed by atoms with Crippen LogP contribution in [0.4, 0.5) is 0 Å². The molecule has 66 valence electrons. The molecule has 3 heteroatoms. The summed E-state index contributed by atoms with van der Waals surface area (Å²) in [4.78, 5) is 4.09. The van der Waals surface area contributed by atoms with Gasteiger partial charge in [-0.3, -0.25) is 4.98 Å². The molecule has 0 radical (unpaired) electrons. The third-order valence-corrected chi connectivity index (χ3v) is 2.40. The molecule has 0 fully saturated rings. The van der Waals surface area contributed by atoms with Gasteiger partial charge in [-0.25, -0.2) is 0 Å². The van der Waals surface area contributed by atoms with Gasteiger partial charge in [-0.1, -0.05) is 22.0 Å². The predicted octanol–water partition coefficient (Wildman–Crippen LogP) is 2.49. The number of fused-ring (bicyclic) bond motifs is 1. The zero-order valence-corrected chi connectivity index (χ0v) is 8.45. The van der Waals surface area contributed by atoms with E-state index in [-0.39, 0.29) is 6.61 Å². The number of halogens is 1. The molecule has 0 aliphatic carbocycles. The summed E-state index contributed by atoms with van der Waals surface area (Å²) in [6.07, 6.45) is 1.77. The number of nitrogens with zero attached hydrogens (tertiary/aromatic N) is 1. The Bertz CT molecular complexity index is 442. The Balaban J connectivity index is 2.68. The summed E-state index contributed by atoms with van der Waals surface area (Å²) in [5, 5.41) is 11.1. The Morgan fingerprint density at radius 2 is 2.08 bits per heavy atom. The van der Waals surface area contributed by atoms with Gasteiger partial charge in [0.2, 0.25) is 0 Å². The SMILES string of the molecule is OCc1cc2cc(Br)ccc2cn1. The lowest BCUT2D eigenvalue weighted by Gasteiger charge is -2.00. The number of benzene rings is 1. The Labute approximate surface area is 84.4 Å². The van der Waals surface area contributed by atoms with E-state index < -0.39 is 0 Å². The van der Waals surface area contributed by atoms with Crippen LogP contribution in [0, 0.1) is 0 Å². The maximum atomic E-state index is 8.89. The van der Waals surface area contributed by atoms with Crippen LogP contribution in [0.5, 0.6) is 0 Å². The van der Waals surface area contributed by atoms with Gasteiger partial charge in [-0.2, -0.15) is 0 Å². The largest absolute Gasteiger partial charge is 0.390 e. The number of aliphatic hydroxyl groups excluding tert-OH is 1. The smallest absolute Gasteiger partial charge is 0.0853 e. The quantitative estimate of drug-likeness (QED) is 0.827.